The maximum absolute atomic E-state index is 11.0. The van der Waals surface area contributed by atoms with Crippen LogP contribution in [0, 0.1) is 5.92 Å². The zero-order chi connectivity index (χ0) is 10.8. The van der Waals surface area contributed by atoms with Gasteiger partial charge in [0.15, 0.2) is 0 Å². The lowest BCUT2D eigenvalue weighted by atomic mass is 9.93. The number of hydrogen-bond acceptors (Lipinski definition) is 3. The summed E-state index contributed by atoms with van der Waals surface area (Å²) in [6.07, 6.45) is 1.98. The van der Waals surface area contributed by atoms with Crippen LogP contribution < -0.4 is 0 Å². The molecule has 0 aliphatic carbocycles. The minimum Gasteiger partial charge on any atom is -0.480 e. The Labute approximate surface area is 84.5 Å². The van der Waals surface area contributed by atoms with E-state index in [9.17, 15) is 4.79 Å². The Morgan fingerprint density at radius 2 is 2.21 bits per heavy atom. The number of carbonyl (C=O) groups is 1. The first-order chi connectivity index (χ1) is 6.48. The van der Waals surface area contributed by atoms with E-state index < -0.39 is 11.5 Å². The average molecular weight is 201 g/mol. The van der Waals surface area contributed by atoms with E-state index in [1.165, 1.54) is 0 Å². The first-order valence-electron chi connectivity index (χ1n) is 5.07. The number of rotatable bonds is 3. The number of aliphatic hydroxyl groups is 1. The van der Waals surface area contributed by atoms with Gasteiger partial charge in [0, 0.05) is 13.2 Å². The van der Waals surface area contributed by atoms with Crippen molar-refractivity contribution in [2.75, 3.05) is 19.7 Å². The van der Waals surface area contributed by atoms with E-state index in [1.807, 2.05) is 4.90 Å². The van der Waals surface area contributed by atoms with E-state index in [0.717, 1.165) is 19.4 Å². The molecule has 0 aromatic carbocycles. The van der Waals surface area contributed by atoms with Crippen LogP contribution in [0.5, 0.6) is 0 Å². The van der Waals surface area contributed by atoms with Crippen LogP contribution in [0.3, 0.4) is 0 Å². The summed E-state index contributed by atoms with van der Waals surface area (Å²) in [4.78, 5) is 13.0. The summed E-state index contributed by atoms with van der Waals surface area (Å²) in [6.45, 7) is 5.10. The third-order valence-electron chi connectivity index (χ3n) is 3.09. The monoisotopic (exact) mass is 201 g/mol. The Morgan fingerprint density at radius 3 is 2.71 bits per heavy atom. The molecule has 0 spiro atoms. The topological polar surface area (TPSA) is 60.8 Å². The fraction of sp³-hybridized carbons (Fsp3) is 0.900. The molecule has 1 aliphatic rings. The van der Waals surface area contributed by atoms with Crippen LogP contribution in [0.15, 0.2) is 0 Å². The molecule has 1 saturated heterocycles. The lowest BCUT2D eigenvalue weighted by Crippen LogP contribution is -2.54. The summed E-state index contributed by atoms with van der Waals surface area (Å²) in [5, 5.41) is 18.1. The van der Waals surface area contributed by atoms with Gasteiger partial charge in [-0.25, -0.2) is 0 Å². The zero-order valence-electron chi connectivity index (χ0n) is 8.86. The summed E-state index contributed by atoms with van der Waals surface area (Å²) in [5.74, 6) is -0.557. The predicted molar refractivity (Wildman–Crippen MR) is 53.1 cm³/mol. The highest BCUT2D eigenvalue weighted by molar-refractivity contribution is 5.77. The number of piperidine rings is 1. The van der Waals surface area contributed by atoms with Gasteiger partial charge >= 0.3 is 5.97 Å². The molecule has 1 rings (SSSR count). The molecule has 0 radical (unpaired) electrons. The van der Waals surface area contributed by atoms with E-state index in [0.29, 0.717) is 6.54 Å². The summed E-state index contributed by atoms with van der Waals surface area (Å²) < 4.78 is 0. The summed E-state index contributed by atoms with van der Waals surface area (Å²) in [6, 6.07) is 0. The Balaban J connectivity index is 2.63. The van der Waals surface area contributed by atoms with Crippen molar-refractivity contribution in [1.82, 2.24) is 4.90 Å². The number of carboxylic acid groups (broad SMARTS) is 1. The van der Waals surface area contributed by atoms with Crippen molar-refractivity contribution in [3.63, 3.8) is 0 Å². The van der Waals surface area contributed by atoms with Crippen LogP contribution in [0.1, 0.15) is 26.7 Å². The van der Waals surface area contributed by atoms with Gasteiger partial charge in [0.25, 0.3) is 0 Å². The lowest BCUT2D eigenvalue weighted by molar-refractivity contribution is -0.150. The van der Waals surface area contributed by atoms with E-state index >= 15 is 0 Å². The smallest absolute Gasteiger partial charge is 0.323 e. The minimum absolute atomic E-state index is 0.159. The lowest BCUT2D eigenvalue weighted by Gasteiger charge is -2.40. The molecule has 0 saturated carbocycles. The number of hydrogen-bond donors (Lipinski definition) is 2. The molecule has 1 unspecified atom stereocenters. The SMILES string of the molecule is CC(C)(C(=O)O)N1CCCC(CO)C1. The third kappa shape index (κ3) is 2.25. The van der Waals surface area contributed by atoms with Crippen LogP contribution >= 0.6 is 0 Å². The molecule has 0 amide bonds. The van der Waals surface area contributed by atoms with Crippen molar-refractivity contribution < 1.29 is 15.0 Å². The molecule has 1 heterocycles. The Bertz CT molecular complexity index is 215. The quantitative estimate of drug-likeness (QED) is 0.700. The molecule has 4 heteroatoms. The van der Waals surface area contributed by atoms with Gasteiger partial charge in [0.1, 0.15) is 5.54 Å². The van der Waals surface area contributed by atoms with Crippen LogP contribution in [0.4, 0.5) is 0 Å². The number of aliphatic carboxylic acids is 1. The molecule has 1 fully saturated rings. The molecule has 0 aromatic rings. The van der Waals surface area contributed by atoms with E-state index in [4.69, 9.17) is 10.2 Å². The van der Waals surface area contributed by atoms with Gasteiger partial charge in [0.2, 0.25) is 0 Å². The first kappa shape index (κ1) is 11.5. The van der Waals surface area contributed by atoms with Crippen LogP contribution in [0.2, 0.25) is 0 Å². The summed E-state index contributed by atoms with van der Waals surface area (Å²) >= 11 is 0. The van der Waals surface area contributed by atoms with Gasteiger partial charge in [-0.1, -0.05) is 0 Å². The molecule has 1 aliphatic heterocycles. The highest BCUT2D eigenvalue weighted by Gasteiger charge is 2.36. The number of carboxylic acids is 1. The van der Waals surface area contributed by atoms with E-state index in [2.05, 4.69) is 0 Å². The predicted octanol–water partition coefficient (Wildman–Crippen LogP) is 0.554. The molecular formula is C10H19NO3. The molecular weight excluding hydrogens is 182 g/mol. The van der Waals surface area contributed by atoms with Crippen molar-refractivity contribution in [2.45, 2.75) is 32.2 Å². The molecule has 0 aromatic heterocycles. The third-order valence-corrected chi connectivity index (χ3v) is 3.09. The second kappa shape index (κ2) is 4.28. The van der Waals surface area contributed by atoms with Crippen LogP contribution in [-0.4, -0.2) is 46.3 Å². The number of nitrogens with zero attached hydrogens (tertiary/aromatic N) is 1. The highest BCUT2D eigenvalue weighted by atomic mass is 16.4. The average Bonchev–Trinajstić information content (AvgIpc) is 2.17. The Kier molecular flexibility index (Phi) is 3.50. The van der Waals surface area contributed by atoms with Crippen molar-refractivity contribution >= 4 is 5.97 Å². The summed E-state index contributed by atoms with van der Waals surface area (Å²) in [5.41, 5.74) is -0.812. The molecule has 0 bridgehead atoms. The first-order valence-corrected chi connectivity index (χ1v) is 5.07. The second-order valence-electron chi connectivity index (χ2n) is 4.50. The summed E-state index contributed by atoms with van der Waals surface area (Å²) in [7, 11) is 0. The Hall–Kier alpha value is -0.610. The van der Waals surface area contributed by atoms with Gasteiger partial charge in [-0.3, -0.25) is 9.69 Å². The van der Waals surface area contributed by atoms with E-state index in [-0.39, 0.29) is 12.5 Å². The van der Waals surface area contributed by atoms with Crippen molar-refractivity contribution in [3.05, 3.63) is 0 Å². The molecule has 14 heavy (non-hydrogen) atoms. The van der Waals surface area contributed by atoms with Crippen molar-refractivity contribution in [2.24, 2.45) is 5.92 Å². The highest BCUT2D eigenvalue weighted by Crippen LogP contribution is 2.23. The molecule has 2 N–H and O–H groups in total. The second-order valence-corrected chi connectivity index (χ2v) is 4.50. The molecule has 1 atom stereocenters. The number of aliphatic hydroxyl groups excluding tert-OH is 1. The van der Waals surface area contributed by atoms with E-state index in [1.54, 1.807) is 13.8 Å². The van der Waals surface area contributed by atoms with Gasteiger partial charge < -0.3 is 10.2 Å². The van der Waals surface area contributed by atoms with Crippen molar-refractivity contribution in [3.8, 4) is 0 Å². The van der Waals surface area contributed by atoms with Gasteiger partial charge in [0.05, 0.1) is 0 Å². The standard InChI is InChI=1S/C10H19NO3/c1-10(2,9(13)14)11-5-3-4-8(6-11)7-12/h8,12H,3-7H2,1-2H3,(H,13,14). The van der Waals surface area contributed by atoms with Gasteiger partial charge in [-0.05, 0) is 39.2 Å². The van der Waals surface area contributed by atoms with Crippen LogP contribution in [-0.2, 0) is 4.79 Å². The van der Waals surface area contributed by atoms with Crippen LogP contribution in [0.25, 0.3) is 0 Å². The van der Waals surface area contributed by atoms with Gasteiger partial charge in [-0.15, -0.1) is 0 Å². The maximum Gasteiger partial charge on any atom is 0.323 e. The Morgan fingerprint density at radius 1 is 1.57 bits per heavy atom. The van der Waals surface area contributed by atoms with Gasteiger partial charge in [-0.2, -0.15) is 0 Å². The fourth-order valence-electron chi connectivity index (χ4n) is 1.86. The molecule has 82 valence electrons. The maximum atomic E-state index is 11.0. The number of likely N-dealkylation sites (tertiary alicyclic amines) is 1. The zero-order valence-corrected chi connectivity index (χ0v) is 8.86. The fourth-order valence-corrected chi connectivity index (χ4v) is 1.86. The molecule has 4 nitrogen and oxygen atoms in total. The minimum atomic E-state index is -0.812. The largest absolute Gasteiger partial charge is 0.480 e. The normalized spacial score (nSPS) is 24.9. The van der Waals surface area contributed by atoms with Crippen molar-refractivity contribution in [1.29, 1.82) is 0 Å².